The van der Waals surface area contributed by atoms with Crippen LogP contribution in [0.2, 0.25) is 0 Å². The lowest BCUT2D eigenvalue weighted by Crippen LogP contribution is -2.46. The largest absolute Gasteiger partial charge is 0.394 e. The summed E-state index contributed by atoms with van der Waals surface area (Å²) < 4.78 is 5.34. The van der Waals surface area contributed by atoms with Crippen LogP contribution in [0.5, 0.6) is 0 Å². The number of aryl methyl sites for hydroxylation is 1. The van der Waals surface area contributed by atoms with E-state index in [0.717, 1.165) is 31.7 Å². The Hall–Kier alpha value is -1.06. The van der Waals surface area contributed by atoms with E-state index in [4.69, 9.17) is 4.74 Å². The molecule has 1 fully saturated rings. The Kier molecular flexibility index (Phi) is 3.46. The van der Waals surface area contributed by atoms with E-state index in [9.17, 15) is 5.11 Å². The number of benzene rings is 1. The topological polar surface area (TPSA) is 41.5 Å². The van der Waals surface area contributed by atoms with E-state index in [2.05, 4.69) is 24.4 Å². The normalized spacial score (nSPS) is 19.4. The second kappa shape index (κ2) is 4.85. The molecule has 1 aliphatic heterocycles. The summed E-state index contributed by atoms with van der Waals surface area (Å²) >= 11 is 0. The van der Waals surface area contributed by atoms with E-state index >= 15 is 0 Å². The summed E-state index contributed by atoms with van der Waals surface area (Å²) in [6, 6.07) is 8.25. The number of aliphatic hydroxyl groups excluding tert-OH is 1. The molecule has 2 N–H and O–H groups in total. The van der Waals surface area contributed by atoms with Gasteiger partial charge in [0.05, 0.1) is 12.1 Å². The van der Waals surface area contributed by atoms with E-state index in [1.807, 2.05) is 12.1 Å². The van der Waals surface area contributed by atoms with Crippen molar-refractivity contribution in [3.05, 3.63) is 29.8 Å². The molecule has 2 rings (SSSR count). The third kappa shape index (κ3) is 2.54. The average molecular weight is 221 g/mol. The zero-order valence-corrected chi connectivity index (χ0v) is 9.70. The van der Waals surface area contributed by atoms with E-state index < -0.39 is 0 Å². The molecule has 3 nitrogen and oxygen atoms in total. The second-order valence-electron chi connectivity index (χ2n) is 4.55. The molecular weight excluding hydrogens is 202 g/mol. The minimum Gasteiger partial charge on any atom is -0.394 e. The van der Waals surface area contributed by atoms with Gasteiger partial charge in [0.25, 0.3) is 0 Å². The Morgan fingerprint density at radius 3 is 2.75 bits per heavy atom. The lowest BCUT2D eigenvalue weighted by molar-refractivity contribution is 0.0380. The van der Waals surface area contributed by atoms with Crippen LogP contribution in [0, 0.1) is 6.92 Å². The smallest absolute Gasteiger partial charge is 0.0663 e. The van der Waals surface area contributed by atoms with Gasteiger partial charge in [-0.15, -0.1) is 0 Å². The van der Waals surface area contributed by atoms with Gasteiger partial charge in [0, 0.05) is 18.9 Å². The maximum absolute atomic E-state index is 9.55. The number of rotatable bonds is 3. The first-order chi connectivity index (χ1) is 7.74. The number of aliphatic hydroxyl groups is 1. The summed E-state index contributed by atoms with van der Waals surface area (Å²) in [5.74, 6) is 0. The second-order valence-corrected chi connectivity index (χ2v) is 4.55. The van der Waals surface area contributed by atoms with Crippen LogP contribution in [0.4, 0.5) is 5.69 Å². The van der Waals surface area contributed by atoms with Crippen molar-refractivity contribution in [1.29, 1.82) is 0 Å². The van der Waals surface area contributed by atoms with Crippen molar-refractivity contribution in [3.63, 3.8) is 0 Å². The summed E-state index contributed by atoms with van der Waals surface area (Å²) in [5.41, 5.74) is 2.10. The summed E-state index contributed by atoms with van der Waals surface area (Å²) in [7, 11) is 0. The molecular formula is C13H19NO2. The first kappa shape index (κ1) is 11.4. The van der Waals surface area contributed by atoms with Gasteiger partial charge in [-0.3, -0.25) is 0 Å². The predicted molar refractivity (Wildman–Crippen MR) is 64.7 cm³/mol. The van der Waals surface area contributed by atoms with Gasteiger partial charge in [-0.05, 0) is 37.5 Å². The van der Waals surface area contributed by atoms with Gasteiger partial charge in [0.1, 0.15) is 0 Å². The van der Waals surface area contributed by atoms with Crippen LogP contribution in [-0.2, 0) is 4.74 Å². The van der Waals surface area contributed by atoms with Crippen molar-refractivity contribution in [2.24, 2.45) is 0 Å². The Labute approximate surface area is 96.4 Å². The first-order valence-corrected chi connectivity index (χ1v) is 5.78. The molecule has 0 aromatic heterocycles. The fourth-order valence-electron chi connectivity index (χ4n) is 2.11. The SMILES string of the molecule is Cc1cccc(NC2(CO)CCOCC2)c1. The van der Waals surface area contributed by atoms with Gasteiger partial charge in [0.15, 0.2) is 0 Å². The Morgan fingerprint density at radius 1 is 1.38 bits per heavy atom. The summed E-state index contributed by atoms with van der Waals surface area (Å²) in [5, 5.41) is 13.0. The van der Waals surface area contributed by atoms with Crippen LogP contribution in [-0.4, -0.2) is 30.5 Å². The molecule has 1 aromatic carbocycles. The highest BCUT2D eigenvalue weighted by atomic mass is 16.5. The molecule has 1 aromatic rings. The van der Waals surface area contributed by atoms with Gasteiger partial charge in [-0.2, -0.15) is 0 Å². The van der Waals surface area contributed by atoms with E-state index in [1.54, 1.807) is 0 Å². The summed E-state index contributed by atoms with van der Waals surface area (Å²) in [6.07, 6.45) is 1.72. The zero-order chi connectivity index (χ0) is 11.4. The van der Waals surface area contributed by atoms with Gasteiger partial charge in [0.2, 0.25) is 0 Å². The molecule has 1 aliphatic rings. The van der Waals surface area contributed by atoms with Crippen LogP contribution in [0.15, 0.2) is 24.3 Å². The average Bonchev–Trinajstić information content (AvgIpc) is 2.30. The molecule has 0 spiro atoms. The Morgan fingerprint density at radius 2 is 2.12 bits per heavy atom. The van der Waals surface area contributed by atoms with Crippen LogP contribution >= 0.6 is 0 Å². The third-order valence-electron chi connectivity index (χ3n) is 3.18. The number of anilines is 1. The molecule has 1 heterocycles. The molecule has 1 saturated heterocycles. The highest BCUT2D eigenvalue weighted by Crippen LogP contribution is 2.25. The van der Waals surface area contributed by atoms with Crippen LogP contribution < -0.4 is 5.32 Å². The van der Waals surface area contributed by atoms with Gasteiger partial charge in [-0.25, -0.2) is 0 Å². The third-order valence-corrected chi connectivity index (χ3v) is 3.18. The highest BCUT2D eigenvalue weighted by Gasteiger charge is 2.31. The standard InChI is InChI=1S/C13H19NO2/c1-11-3-2-4-12(9-11)14-13(10-15)5-7-16-8-6-13/h2-4,9,14-15H,5-8,10H2,1H3. The predicted octanol–water partition coefficient (Wildman–Crippen LogP) is 1.95. The number of hydrogen-bond donors (Lipinski definition) is 2. The maximum atomic E-state index is 9.55. The number of hydrogen-bond acceptors (Lipinski definition) is 3. The van der Waals surface area contributed by atoms with Crippen molar-refractivity contribution >= 4 is 5.69 Å². The molecule has 0 unspecified atom stereocenters. The van der Waals surface area contributed by atoms with Crippen molar-refractivity contribution < 1.29 is 9.84 Å². The van der Waals surface area contributed by atoms with Gasteiger partial charge < -0.3 is 15.2 Å². The van der Waals surface area contributed by atoms with Crippen LogP contribution in [0.3, 0.4) is 0 Å². The lowest BCUT2D eigenvalue weighted by Gasteiger charge is -2.37. The highest BCUT2D eigenvalue weighted by molar-refractivity contribution is 5.47. The molecule has 0 aliphatic carbocycles. The van der Waals surface area contributed by atoms with Crippen LogP contribution in [0.1, 0.15) is 18.4 Å². The molecule has 0 amide bonds. The molecule has 0 bridgehead atoms. The van der Waals surface area contributed by atoms with Crippen molar-refractivity contribution in [3.8, 4) is 0 Å². The van der Waals surface area contributed by atoms with Crippen molar-refractivity contribution in [2.75, 3.05) is 25.1 Å². The van der Waals surface area contributed by atoms with Crippen molar-refractivity contribution in [1.82, 2.24) is 0 Å². The molecule has 16 heavy (non-hydrogen) atoms. The Bertz CT molecular complexity index is 346. The fraction of sp³-hybridized carbons (Fsp3) is 0.538. The minimum absolute atomic E-state index is 0.157. The van der Waals surface area contributed by atoms with E-state index in [0.29, 0.717) is 0 Å². The molecule has 0 saturated carbocycles. The molecule has 0 radical (unpaired) electrons. The van der Waals surface area contributed by atoms with Gasteiger partial charge in [-0.1, -0.05) is 12.1 Å². The molecule has 3 heteroatoms. The first-order valence-electron chi connectivity index (χ1n) is 5.78. The van der Waals surface area contributed by atoms with Crippen molar-refractivity contribution in [2.45, 2.75) is 25.3 Å². The summed E-state index contributed by atoms with van der Waals surface area (Å²) in [6.45, 7) is 3.67. The van der Waals surface area contributed by atoms with Gasteiger partial charge >= 0.3 is 0 Å². The fourth-order valence-corrected chi connectivity index (χ4v) is 2.11. The van der Waals surface area contributed by atoms with Crippen LogP contribution in [0.25, 0.3) is 0 Å². The lowest BCUT2D eigenvalue weighted by atomic mass is 9.90. The molecule has 88 valence electrons. The number of nitrogens with one attached hydrogen (secondary N) is 1. The molecule has 0 atom stereocenters. The minimum atomic E-state index is -0.202. The monoisotopic (exact) mass is 221 g/mol. The van der Waals surface area contributed by atoms with E-state index in [-0.39, 0.29) is 12.1 Å². The maximum Gasteiger partial charge on any atom is 0.0663 e. The summed E-state index contributed by atoms with van der Waals surface area (Å²) in [4.78, 5) is 0. The zero-order valence-electron chi connectivity index (χ0n) is 9.70. The number of ether oxygens (including phenoxy) is 1. The van der Waals surface area contributed by atoms with E-state index in [1.165, 1.54) is 5.56 Å². The quantitative estimate of drug-likeness (QED) is 0.819. The Balaban J connectivity index is 2.11.